The maximum absolute atomic E-state index is 5.34. The van der Waals surface area contributed by atoms with E-state index in [1.165, 1.54) is 5.56 Å². The lowest BCUT2D eigenvalue weighted by Crippen LogP contribution is -2.42. The van der Waals surface area contributed by atoms with Crippen molar-refractivity contribution < 1.29 is 9.47 Å². The lowest BCUT2D eigenvalue weighted by atomic mass is 10.1. The number of hydrogen-bond donors (Lipinski definition) is 2. The van der Waals surface area contributed by atoms with E-state index in [0.29, 0.717) is 6.04 Å². The van der Waals surface area contributed by atoms with Crippen LogP contribution in [0, 0.1) is 0 Å². The van der Waals surface area contributed by atoms with Gasteiger partial charge in [-0.05, 0) is 43.4 Å². The van der Waals surface area contributed by atoms with Gasteiger partial charge in [-0.15, -0.1) is 0 Å². The predicted molar refractivity (Wildman–Crippen MR) is 94.5 cm³/mol. The second-order valence-electron chi connectivity index (χ2n) is 5.58. The van der Waals surface area contributed by atoms with E-state index in [4.69, 9.17) is 9.47 Å². The molecule has 126 valence electrons. The topological polar surface area (TPSA) is 54.9 Å². The zero-order valence-electron chi connectivity index (χ0n) is 14.3. The number of rotatable bonds is 7. The summed E-state index contributed by atoms with van der Waals surface area (Å²) in [7, 11) is 5.13. The summed E-state index contributed by atoms with van der Waals surface area (Å²) in [5.41, 5.74) is 1.24. The number of aliphatic imine (C=N–C) groups is 1. The fourth-order valence-corrected chi connectivity index (χ4v) is 2.66. The summed E-state index contributed by atoms with van der Waals surface area (Å²) in [6.45, 7) is 0.883. The van der Waals surface area contributed by atoms with Crippen molar-refractivity contribution in [2.24, 2.45) is 4.99 Å². The van der Waals surface area contributed by atoms with Crippen LogP contribution < -0.4 is 20.1 Å². The summed E-state index contributed by atoms with van der Waals surface area (Å²) in [5, 5.41) is 6.81. The van der Waals surface area contributed by atoms with Crippen molar-refractivity contribution in [3.8, 4) is 11.5 Å². The standard InChI is InChI=1S/C18H27N3O2/c1-19-18(21-15-8-4-5-9-15)20-12-6-7-14-10-11-16(22-2)17(13-14)23-3/h4-5,10-11,13,15H,6-9,12H2,1-3H3,(H2,19,20,21). The van der Waals surface area contributed by atoms with Crippen LogP contribution in [-0.2, 0) is 6.42 Å². The number of hydrogen-bond acceptors (Lipinski definition) is 3. The van der Waals surface area contributed by atoms with E-state index >= 15 is 0 Å². The largest absolute Gasteiger partial charge is 0.493 e. The van der Waals surface area contributed by atoms with E-state index in [1.54, 1.807) is 14.2 Å². The highest BCUT2D eigenvalue weighted by molar-refractivity contribution is 5.80. The highest BCUT2D eigenvalue weighted by Crippen LogP contribution is 2.27. The molecule has 0 saturated heterocycles. The number of nitrogens with zero attached hydrogens (tertiary/aromatic N) is 1. The summed E-state index contributed by atoms with van der Waals surface area (Å²) >= 11 is 0. The third-order valence-corrected chi connectivity index (χ3v) is 3.95. The molecule has 1 aliphatic carbocycles. The molecule has 0 heterocycles. The van der Waals surface area contributed by atoms with Gasteiger partial charge in [-0.25, -0.2) is 0 Å². The second kappa shape index (κ2) is 9.08. The average molecular weight is 317 g/mol. The van der Waals surface area contributed by atoms with E-state index in [1.807, 2.05) is 19.2 Å². The van der Waals surface area contributed by atoms with Crippen LogP contribution in [0.3, 0.4) is 0 Å². The molecule has 2 rings (SSSR count). The van der Waals surface area contributed by atoms with Crippen LogP contribution >= 0.6 is 0 Å². The smallest absolute Gasteiger partial charge is 0.191 e. The normalized spacial score (nSPS) is 14.8. The van der Waals surface area contributed by atoms with Gasteiger partial charge in [-0.3, -0.25) is 4.99 Å². The summed E-state index contributed by atoms with van der Waals surface area (Å²) in [4.78, 5) is 4.28. The van der Waals surface area contributed by atoms with E-state index in [0.717, 1.165) is 49.7 Å². The molecule has 0 aromatic heterocycles. The van der Waals surface area contributed by atoms with Crippen LogP contribution in [0.4, 0.5) is 0 Å². The van der Waals surface area contributed by atoms with Gasteiger partial charge in [-0.2, -0.15) is 0 Å². The zero-order valence-corrected chi connectivity index (χ0v) is 14.3. The highest BCUT2D eigenvalue weighted by Gasteiger charge is 2.11. The number of ether oxygens (including phenoxy) is 2. The molecule has 0 spiro atoms. The van der Waals surface area contributed by atoms with Crippen molar-refractivity contribution >= 4 is 5.96 Å². The Balaban J connectivity index is 1.73. The monoisotopic (exact) mass is 317 g/mol. The first-order chi connectivity index (χ1) is 11.3. The van der Waals surface area contributed by atoms with E-state index in [-0.39, 0.29) is 0 Å². The molecule has 5 heteroatoms. The fourth-order valence-electron chi connectivity index (χ4n) is 2.66. The quantitative estimate of drug-likeness (QED) is 0.351. The molecule has 1 aromatic carbocycles. The van der Waals surface area contributed by atoms with Gasteiger partial charge in [0, 0.05) is 19.6 Å². The number of guanidine groups is 1. The molecule has 1 aliphatic rings. The van der Waals surface area contributed by atoms with E-state index in [2.05, 4.69) is 33.8 Å². The van der Waals surface area contributed by atoms with Gasteiger partial charge in [-0.1, -0.05) is 18.2 Å². The van der Waals surface area contributed by atoms with Crippen molar-refractivity contribution in [3.05, 3.63) is 35.9 Å². The fraction of sp³-hybridized carbons (Fsp3) is 0.500. The first kappa shape index (κ1) is 17.2. The van der Waals surface area contributed by atoms with Crippen molar-refractivity contribution in [1.29, 1.82) is 0 Å². The SMILES string of the molecule is CN=C(NCCCc1ccc(OC)c(OC)c1)NC1CC=CC1. The predicted octanol–water partition coefficient (Wildman–Crippen LogP) is 2.52. The van der Waals surface area contributed by atoms with Crippen LogP contribution in [-0.4, -0.2) is 39.8 Å². The van der Waals surface area contributed by atoms with Crippen molar-refractivity contribution in [1.82, 2.24) is 10.6 Å². The van der Waals surface area contributed by atoms with Gasteiger partial charge in [0.25, 0.3) is 0 Å². The van der Waals surface area contributed by atoms with Crippen molar-refractivity contribution in [2.45, 2.75) is 31.7 Å². The van der Waals surface area contributed by atoms with Crippen molar-refractivity contribution in [2.75, 3.05) is 27.8 Å². The van der Waals surface area contributed by atoms with Crippen LogP contribution in [0.25, 0.3) is 0 Å². The molecule has 0 amide bonds. The Morgan fingerprint density at radius 3 is 2.57 bits per heavy atom. The third kappa shape index (κ3) is 5.20. The number of benzene rings is 1. The maximum Gasteiger partial charge on any atom is 0.191 e. The van der Waals surface area contributed by atoms with E-state index in [9.17, 15) is 0 Å². The Morgan fingerprint density at radius 2 is 1.91 bits per heavy atom. The molecule has 0 fully saturated rings. The summed E-state index contributed by atoms with van der Waals surface area (Å²) in [6.07, 6.45) is 8.58. The van der Waals surface area contributed by atoms with Gasteiger partial charge in [0.1, 0.15) is 0 Å². The molecular formula is C18H27N3O2. The number of methoxy groups -OCH3 is 2. The molecule has 0 aliphatic heterocycles. The summed E-state index contributed by atoms with van der Waals surface area (Å²) in [6, 6.07) is 6.55. The average Bonchev–Trinajstić information content (AvgIpc) is 3.10. The first-order valence-corrected chi connectivity index (χ1v) is 8.10. The Labute approximate surface area is 138 Å². The molecule has 0 bridgehead atoms. The molecule has 0 radical (unpaired) electrons. The van der Waals surface area contributed by atoms with Gasteiger partial charge in [0.15, 0.2) is 17.5 Å². The van der Waals surface area contributed by atoms with Crippen LogP contribution in [0.5, 0.6) is 11.5 Å². The minimum Gasteiger partial charge on any atom is -0.493 e. The van der Waals surface area contributed by atoms with Gasteiger partial charge in [0.2, 0.25) is 0 Å². The molecule has 1 aromatic rings. The lowest BCUT2D eigenvalue weighted by molar-refractivity contribution is 0.354. The highest BCUT2D eigenvalue weighted by atomic mass is 16.5. The second-order valence-corrected chi connectivity index (χ2v) is 5.58. The third-order valence-electron chi connectivity index (χ3n) is 3.95. The Kier molecular flexibility index (Phi) is 6.78. The molecule has 5 nitrogen and oxygen atoms in total. The summed E-state index contributed by atoms with van der Waals surface area (Å²) in [5.74, 6) is 2.43. The van der Waals surface area contributed by atoms with Crippen LogP contribution in [0.15, 0.2) is 35.3 Å². The Morgan fingerprint density at radius 1 is 1.17 bits per heavy atom. The van der Waals surface area contributed by atoms with Crippen molar-refractivity contribution in [3.63, 3.8) is 0 Å². The minimum absolute atomic E-state index is 0.479. The molecule has 0 atom stereocenters. The molecule has 23 heavy (non-hydrogen) atoms. The molecular weight excluding hydrogens is 290 g/mol. The van der Waals surface area contributed by atoms with Crippen LogP contribution in [0.1, 0.15) is 24.8 Å². The van der Waals surface area contributed by atoms with E-state index < -0.39 is 0 Å². The zero-order chi connectivity index (χ0) is 16.5. The Hall–Kier alpha value is -2.17. The Bertz CT molecular complexity index is 547. The van der Waals surface area contributed by atoms with Crippen LogP contribution in [0.2, 0.25) is 0 Å². The number of aryl methyl sites for hydroxylation is 1. The number of nitrogens with one attached hydrogen (secondary N) is 2. The van der Waals surface area contributed by atoms with Gasteiger partial charge >= 0.3 is 0 Å². The van der Waals surface area contributed by atoms with Gasteiger partial charge < -0.3 is 20.1 Å². The first-order valence-electron chi connectivity index (χ1n) is 8.10. The lowest BCUT2D eigenvalue weighted by Gasteiger charge is -2.17. The van der Waals surface area contributed by atoms with Gasteiger partial charge in [0.05, 0.1) is 14.2 Å². The minimum atomic E-state index is 0.479. The molecule has 0 unspecified atom stereocenters. The maximum atomic E-state index is 5.34. The molecule has 2 N–H and O–H groups in total. The summed E-state index contributed by atoms with van der Waals surface area (Å²) < 4.78 is 10.6. The molecule has 0 saturated carbocycles.